The lowest BCUT2D eigenvalue weighted by molar-refractivity contribution is 0.175. The molecule has 0 atom stereocenters. The summed E-state index contributed by atoms with van der Waals surface area (Å²) in [5.41, 5.74) is 1.10. The van der Waals surface area contributed by atoms with Crippen LogP contribution in [0.15, 0.2) is 29.2 Å². The molecule has 1 aromatic rings. The van der Waals surface area contributed by atoms with Crippen molar-refractivity contribution in [1.29, 1.82) is 0 Å². The van der Waals surface area contributed by atoms with E-state index in [4.69, 9.17) is 0 Å². The predicted octanol–water partition coefficient (Wildman–Crippen LogP) is 3.49. The molecule has 0 N–H and O–H groups in total. The average molecular weight is 309 g/mol. The van der Waals surface area contributed by atoms with Crippen molar-refractivity contribution >= 4 is 9.84 Å². The standard InChI is InChI=1S/C17H27NO2S/c1-4-15-8-10-18(11-9-15)13-16-6-5-7-17(12-16)21(19,20)14(2)3/h5-7,12,14-15H,4,8-11,13H2,1-3H3. The van der Waals surface area contributed by atoms with Crippen LogP contribution in [0, 0.1) is 5.92 Å². The van der Waals surface area contributed by atoms with Gasteiger partial charge in [-0.1, -0.05) is 25.5 Å². The lowest BCUT2D eigenvalue weighted by atomic mass is 9.94. The van der Waals surface area contributed by atoms with E-state index in [1.54, 1.807) is 19.9 Å². The van der Waals surface area contributed by atoms with Crippen LogP contribution in [0.25, 0.3) is 0 Å². The SMILES string of the molecule is CCC1CCN(Cc2cccc(S(=O)(=O)C(C)C)c2)CC1. The third-order valence-corrected chi connectivity index (χ3v) is 6.69. The molecule has 1 saturated heterocycles. The van der Waals surface area contributed by atoms with Crippen LogP contribution in [0.4, 0.5) is 0 Å². The van der Waals surface area contributed by atoms with Gasteiger partial charge >= 0.3 is 0 Å². The van der Waals surface area contributed by atoms with E-state index in [1.165, 1.54) is 19.3 Å². The van der Waals surface area contributed by atoms with Gasteiger partial charge in [0.15, 0.2) is 9.84 Å². The molecule has 1 aromatic carbocycles. The number of rotatable bonds is 5. The quantitative estimate of drug-likeness (QED) is 0.835. The highest BCUT2D eigenvalue weighted by Gasteiger charge is 2.21. The molecule has 0 unspecified atom stereocenters. The molecule has 0 aliphatic carbocycles. The fourth-order valence-electron chi connectivity index (χ4n) is 2.90. The van der Waals surface area contributed by atoms with Gasteiger partial charge in [-0.2, -0.15) is 0 Å². The second-order valence-electron chi connectivity index (χ2n) is 6.37. The molecule has 4 heteroatoms. The van der Waals surface area contributed by atoms with Crippen LogP contribution in [-0.4, -0.2) is 31.7 Å². The Labute approximate surface area is 129 Å². The molecule has 0 spiro atoms. The molecule has 1 heterocycles. The minimum Gasteiger partial charge on any atom is -0.299 e. The molecule has 21 heavy (non-hydrogen) atoms. The Morgan fingerprint density at radius 1 is 1.24 bits per heavy atom. The third-order valence-electron chi connectivity index (χ3n) is 4.54. The molecule has 1 aliphatic heterocycles. The first-order valence-electron chi connectivity index (χ1n) is 7.98. The van der Waals surface area contributed by atoms with Crippen molar-refractivity contribution < 1.29 is 8.42 Å². The van der Waals surface area contributed by atoms with Crippen molar-refractivity contribution in [3.8, 4) is 0 Å². The van der Waals surface area contributed by atoms with Gasteiger partial charge in [0.25, 0.3) is 0 Å². The van der Waals surface area contributed by atoms with Crippen molar-refractivity contribution in [2.75, 3.05) is 13.1 Å². The Morgan fingerprint density at radius 2 is 1.90 bits per heavy atom. The third kappa shape index (κ3) is 4.07. The summed E-state index contributed by atoms with van der Waals surface area (Å²) in [6.07, 6.45) is 3.80. The average Bonchev–Trinajstić information content (AvgIpc) is 2.48. The summed E-state index contributed by atoms with van der Waals surface area (Å²) in [7, 11) is -3.17. The van der Waals surface area contributed by atoms with Crippen LogP contribution in [0.3, 0.4) is 0 Å². The Kier molecular flexibility index (Phi) is 5.44. The topological polar surface area (TPSA) is 37.4 Å². The molecular formula is C17H27NO2S. The first-order valence-corrected chi connectivity index (χ1v) is 9.53. The maximum atomic E-state index is 12.2. The zero-order chi connectivity index (χ0) is 15.5. The first-order chi connectivity index (χ1) is 9.93. The first kappa shape index (κ1) is 16.5. The molecule has 118 valence electrons. The molecule has 3 nitrogen and oxygen atoms in total. The van der Waals surface area contributed by atoms with Crippen molar-refractivity contribution in [2.45, 2.75) is 56.7 Å². The molecule has 0 saturated carbocycles. The summed E-state index contributed by atoms with van der Waals surface area (Å²) >= 11 is 0. The van der Waals surface area contributed by atoms with Crippen molar-refractivity contribution in [2.24, 2.45) is 5.92 Å². The smallest absolute Gasteiger partial charge is 0.180 e. The summed E-state index contributed by atoms with van der Waals surface area (Å²) in [6.45, 7) is 8.84. The van der Waals surface area contributed by atoms with Gasteiger partial charge in [-0.05, 0) is 63.4 Å². The van der Waals surface area contributed by atoms with E-state index in [0.717, 1.165) is 31.1 Å². The summed E-state index contributed by atoms with van der Waals surface area (Å²) in [5, 5.41) is -0.368. The monoisotopic (exact) mass is 309 g/mol. The number of sulfone groups is 1. The normalized spacial score (nSPS) is 18.3. The lowest BCUT2D eigenvalue weighted by Crippen LogP contribution is -2.33. The Balaban J connectivity index is 2.06. The summed E-state index contributed by atoms with van der Waals surface area (Å²) < 4.78 is 24.5. The molecule has 2 rings (SSSR count). The zero-order valence-corrected chi connectivity index (χ0v) is 14.2. The van der Waals surface area contributed by atoms with E-state index in [-0.39, 0.29) is 5.25 Å². The van der Waals surface area contributed by atoms with E-state index < -0.39 is 9.84 Å². The van der Waals surface area contributed by atoms with E-state index in [0.29, 0.717) is 4.90 Å². The summed E-state index contributed by atoms with van der Waals surface area (Å²) in [6, 6.07) is 7.46. The fourth-order valence-corrected chi connectivity index (χ4v) is 4.03. The van der Waals surface area contributed by atoms with E-state index in [1.807, 2.05) is 18.2 Å². The highest BCUT2D eigenvalue weighted by Crippen LogP contribution is 2.23. The van der Waals surface area contributed by atoms with Crippen LogP contribution in [0.2, 0.25) is 0 Å². The fraction of sp³-hybridized carbons (Fsp3) is 0.647. The van der Waals surface area contributed by atoms with Crippen molar-refractivity contribution in [3.05, 3.63) is 29.8 Å². The maximum absolute atomic E-state index is 12.2. The molecule has 0 radical (unpaired) electrons. The highest BCUT2D eigenvalue weighted by atomic mass is 32.2. The predicted molar refractivity (Wildman–Crippen MR) is 87.1 cm³/mol. The Hall–Kier alpha value is -0.870. The number of nitrogens with zero attached hydrogens (tertiary/aromatic N) is 1. The molecule has 0 aromatic heterocycles. The van der Waals surface area contributed by atoms with E-state index >= 15 is 0 Å². The lowest BCUT2D eigenvalue weighted by Gasteiger charge is -2.31. The van der Waals surface area contributed by atoms with Gasteiger partial charge in [-0.15, -0.1) is 0 Å². The number of benzene rings is 1. The molecule has 1 fully saturated rings. The minimum absolute atomic E-state index is 0.368. The van der Waals surface area contributed by atoms with Gasteiger partial charge < -0.3 is 0 Å². The van der Waals surface area contributed by atoms with Crippen LogP contribution in [0.5, 0.6) is 0 Å². The highest BCUT2D eigenvalue weighted by molar-refractivity contribution is 7.92. The largest absolute Gasteiger partial charge is 0.299 e. The maximum Gasteiger partial charge on any atom is 0.180 e. The van der Waals surface area contributed by atoms with Crippen molar-refractivity contribution in [1.82, 2.24) is 4.90 Å². The number of likely N-dealkylation sites (tertiary alicyclic amines) is 1. The van der Waals surface area contributed by atoms with Crippen LogP contribution >= 0.6 is 0 Å². The Bertz CT molecular complexity index is 558. The van der Waals surface area contributed by atoms with Gasteiger partial charge in [-0.3, -0.25) is 4.90 Å². The van der Waals surface area contributed by atoms with Gasteiger partial charge in [0.1, 0.15) is 0 Å². The van der Waals surface area contributed by atoms with Gasteiger partial charge in [0, 0.05) is 6.54 Å². The molecule has 0 amide bonds. The summed E-state index contributed by atoms with van der Waals surface area (Å²) in [5.74, 6) is 0.869. The summed E-state index contributed by atoms with van der Waals surface area (Å²) in [4.78, 5) is 2.89. The second-order valence-corrected chi connectivity index (χ2v) is 8.87. The van der Waals surface area contributed by atoms with Crippen molar-refractivity contribution in [3.63, 3.8) is 0 Å². The molecule has 1 aliphatic rings. The molecule has 0 bridgehead atoms. The van der Waals surface area contributed by atoms with E-state index in [9.17, 15) is 8.42 Å². The minimum atomic E-state index is -3.17. The van der Waals surface area contributed by atoms with Crippen LogP contribution in [0.1, 0.15) is 45.6 Å². The number of hydrogen-bond acceptors (Lipinski definition) is 3. The van der Waals surface area contributed by atoms with Gasteiger partial charge in [0.05, 0.1) is 10.1 Å². The zero-order valence-electron chi connectivity index (χ0n) is 13.4. The number of hydrogen-bond donors (Lipinski definition) is 0. The van der Waals surface area contributed by atoms with Gasteiger partial charge in [0.2, 0.25) is 0 Å². The number of piperidine rings is 1. The Morgan fingerprint density at radius 3 is 2.48 bits per heavy atom. The van der Waals surface area contributed by atoms with Gasteiger partial charge in [-0.25, -0.2) is 8.42 Å². The van der Waals surface area contributed by atoms with Crippen LogP contribution in [-0.2, 0) is 16.4 Å². The molecular weight excluding hydrogens is 282 g/mol. The second kappa shape index (κ2) is 6.93. The van der Waals surface area contributed by atoms with Crippen LogP contribution < -0.4 is 0 Å². The van der Waals surface area contributed by atoms with E-state index in [2.05, 4.69) is 11.8 Å².